The Kier molecular flexibility index (Phi) is 5.79. The van der Waals surface area contributed by atoms with Crippen molar-refractivity contribution in [2.75, 3.05) is 13.2 Å². The standard InChI is InChI=1S/C23H26N4O2/c1-2-29-22-9-8-18-10-13-26(16-21(18)14-22)23(28)24-15-19-6-3-4-7-20(19)17-27-12-5-11-25-27/h3-9,11-12,14H,2,10,13,15-17H2,1H3,(H,24,28). The summed E-state index contributed by atoms with van der Waals surface area (Å²) in [5.41, 5.74) is 4.72. The fourth-order valence-electron chi connectivity index (χ4n) is 3.70. The van der Waals surface area contributed by atoms with E-state index >= 15 is 0 Å². The number of rotatable bonds is 6. The lowest BCUT2D eigenvalue weighted by Crippen LogP contribution is -2.42. The lowest BCUT2D eigenvalue weighted by Gasteiger charge is -2.29. The zero-order chi connectivity index (χ0) is 20.1. The van der Waals surface area contributed by atoms with E-state index < -0.39 is 0 Å². The van der Waals surface area contributed by atoms with E-state index in [4.69, 9.17) is 4.74 Å². The van der Waals surface area contributed by atoms with Crippen LogP contribution in [0.3, 0.4) is 0 Å². The molecule has 0 atom stereocenters. The number of nitrogens with zero attached hydrogens (tertiary/aromatic N) is 3. The van der Waals surface area contributed by atoms with Crippen LogP contribution in [0.4, 0.5) is 4.79 Å². The normalized spacial score (nSPS) is 13.1. The molecule has 150 valence electrons. The molecule has 4 rings (SSSR count). The van der Waals surface area contributed by atoms with Gasteiger partial charge in [0.25, 0.3) is 0 Å². The third-order valence-electron chi connectivity index (χ3n) is 5.23. The highest BCUT2D eigenvalue weighted by Crippen LogP contribution is 2.24. The molecule has 1 aliphatic rings. The molecule has 0 saturated carbocycles. The molecule has 0 saturated heterocycles. The lowest BCUT2D eigenvalue weighted by atomic mass is 10.00. The Hall–Kier alpha value is -3.28. The molecule has 2 amide bonds. The Balaban J connectivity index is 1.39. The van der Waals surface area contributed by atoms with Crippen molar-refractivity contribution < 1.29 is 9.53 Å². The van der Waals surface area contributed by atoms with Crippen LogP contribution in [0.2, 0.25) is 0 Å². The molecule has 1 aliphatic heterocycles. The summed E-state index contributed by atoms with van der Waals surface area (Å²) >= 11 is 0. The van der Waals surface area contributed by atoms with E-state index in [9.17, 15) is 4.79 Å². The SMILES string of the molecule is CCOc1ccc2c(c1)CN(C(=O)NCc1ccccc1Cn1cccn1)CC2. The highest BCUT2D eigenvalue weighted by atomic mass is 16.5. The molecule has 1 N–H and O–H groups in total. The number of hydrogen-bond donors (Lipinski definition) is 1. The highest BCUT2D eigenvalue weighted by Gasteiger charge is 2.21. The quantitative estimate of drug-likeness (QED) is 0.700. The zero-order valence-electron chi connectivity index (χ0n) is 16.7. The Morgan fingerprint density at radius 3 is 2.79 bits per heavy atom. The van der Waals surface area contributed by atoms with Crippen molar-refractivity contribution in [2.24, 2.45) is 0 Å². The van der Waals surface area contributed by atoms with Crippen LogP contribution in [-0.4, -0.2) is 33.9 Å². The van der Waals surface area contributed by atoms with Gasteiger partial charge >= 0.3 is 6.03 Å². The largest absolute Gasteiger partial charge is 0.494 e. The van der Waals surface area contributed by atoms with E-state index in [1.165, 1.54) is 5.56 Å². The van der Waals surface area contributed by atoms with Crippen LogP contribution < -0.4 is 10.1 Å². The van der Waals surface area contributed by atoms with E-state index in [-0.39, 0.29) is 6.03 Å². The summed E-state index contributed by atoms with van der Waals surface area (Å²) in [7, 11) is 0. The number of amides is 2. The third kappa shape index (κ3) is 4.59. The average Bonchev–Trinajstić information content (AvgIpc) is 3.26. The van der Waals surface area contributed by atoms with Crippen LogP contribution in [0.1, 0.15) is 29.2 Å². The molecule has 0 radical (unpaired) electrons. The van der Waals surface area contributed by atoms with Crippen LogP contribution in [-0.2, 0) is 26.1 Å². The number of hydrogen-bond acceptors (Lipinski definition) is 3. The molecule has 2 heterocycles. The van der Waals surface area contributed by atoms with E-state index in [1.807, 2.05) is 47.0 Å². The third-order valence-corrected chi connectivity index (χ3v) is 5.23. The fraction of sp³-hybridized carbons (Fsp3) is 0.304. The van der Waals surface area contributed by atoms with Gasteiger partial charge in [-0.2, -0.15) is 5.10 Å². The van der Waals surface area contributed by atoms with Crippen LogP contribution in [0.15, 0.2) is 60.9 Å². The number of carbonyl (C=O) groups excluding carboxylic acids is 1. The Bertz CT molecular complexity index is 969. The van der Waals surface area contributed by atoms with Gasteiger partial charge in [0.05, 0.1) is 13.2 Å². The molecular weight excluding hydrogens is 364 g/mol. The van der Waals surface area contributed by atoms with E-state index in [0.29, 0.717) is 26.2 Å². The second kappa shape index (κ2) is 8.82. The summed E-state index contributed by atoms with van der Waals surface area (Å²) < 4.78 is 7.49. The molecule has 1 aromatic heterocycles. The lowest BCUT2D eigenvalue weighted by molar-refractivity contribution is 0.191. The minimum Gasteiger partial charge on any atom is -0.494 e. The van der Waals surface area contributed by atoms with Crippen molar-refractivity contribution in [3.05, 3.63) is 83.2 Å². The predicted octanol–water partition coefficient (Wildman–Crippen LogP) is 3.60. The molecule has 0 bridgehead atoms. The first-order chi connectivity index (χ1) is 14.2. The van der Waals surface area contributed by atoms with E-state index in [1.54, 1.807) is 6.20 Å². The Morgan fingerprint density at radius 2 is 2.00 bits per heavy atom. The fourth-order valence-corrected chi connectivity index (χ4v) is 3.70. The molecule has 0 fully saturated rings. The van der Waals surface area contributed by atoms with Crippen molar-refractivity contribution in [1.29, 1.82) is 0 Å². The minimum absolute atomic E-state index is 0.0358. The number of benzene rings is 2. The van der Waals surface area contributed by atoms with Gasteiger partial charge in [0.1, 0.15) is 5.75 Å². The molecule has 0 aliphatic carbocycles. The summed E-state index contributed by atoms with van der Waals surface area (Å²) in [5.74, 6) is 0.862. The molecule has 6 heteroatoms. The summed E-state index contributed by atoms with van der Waals surface area (Å²) in [6.07, 6.45) is 4.58. The van der Waals surface area contributed by atoms with Gasteiger partial charge in [-0.15, -0.1) is 0 Å². The van der Waals surface area contributed by atoms with Gasteiger partial charge in [-0.05, 0) is 53.8 Å². The summed E-state index contributed by atoms with van der Waals surface area (Å²) in [6, 6.07) is 16.2. The smallest absolute Gasteiger partial charge is 0.317 e. The number of nitrogens with one attached hydrogen (secondary N) is 1. The molecule has 2 aromatic carbocycles. The van der Waals surface area contributed by atoms with Gasteiger partial charge in [0.15, 0.2) is 0 Å². The maximum atomic E-state index is 12.8. The van der Waals surface area contributed by atoms with Gasteiger partial charge in [-0.3, -0.25) is 4.68 Å². The van der Waals surface area contributed by atoms with Crippen LogP contribution in [0, 0.1) is 0 Å². The van der Waals surface area contributed by atoms with Crippen molar-refractivity contribution in [2.45, 2.75) is 33.0 Å². The van der Waals surface area contributed by atoms with Crippen LogP contribution in [0.25, 0.3) is 0 Å². The Morgan fingerprint density at radius 1 is 1.14 bits per heavy atom. The van der Waals surface area contributed by atoms with Gasteiger partial charge in [-0.1, -0.05) is 30.3 Å². The van der Waals surface area contributed by atoms with Gasteiger partial charge in [0.2, 0.25) is 0 Å². The van der Waals surface area contributed by atoms with E-state index in [0.717, 1.165) is 35.4 Å². The molecule has 0 spiro atoms. The average molecular weight is 390 g/mol. The van der Waals surface area contributed by atoms with Crippen LogP contribution in [0.5, 0.6) is 5.75 Å². The Labute approximate surface area is 171 Å². The first-order valence-corrected chi connectivity index (χ1v) is 10.0. The van der Waals surface area contributed by atoms with Crippen molar-refractivity contribution in [1.82, 2.24) is 20.0 Å². The molecule has 29 heavy (non-hydrogen) atoms. The number of carbonyl (C=O) groups is 1. The van der Waals surface area contributed by atoms with Gasteiger partial charge < -0.3 is 15.0 Å². The minimum atomic E-state index is -0.0358. The van der Waals surface area contributed by atoms with E-state index in [2.05, 4.69) is 34.7 Å². The molecule has 3 aromatic rings. The monoisotopic (exact) mass is 390 g/mol. The topological polar surface area (TPSA) is 59.4 Å². The first-order valence-electron chi connectivity index (χ1n) is 10.0. The maximum absolute atomic E-state index is 12.8. The zero-order valence-corrected chi connectivity index (χ0v) is 16.7. The number of aromatic nitrogens is 2. The highest BCUT2D eigenvalue weighted by molar-refractivity contribution is 5.74. The molecule has 6 nitrogen and oxygen atoms in total. The second-order valence-electron chi connectivity index (χ2n) is 7.17. The van der Waals surface area contributed by atoms with Gasteiger partial charge in [0, 0.05) is 32.0 Å². The summed E-state index contributed by atoms with van der Waals surface area (Å²) in [6.45, 7) is 5.14. The molecular formula is C23H26N4O2. The number of urea groups is 1. The predicted molar refractivity (Wildman–Crippen MR) is 112 cm³/mol. The second-order valence-corrected chi connectivity index (χ2v) is 7.17. The number of ether oxygens (including phenoxy) is 1. The maximum Gasteiger partial charge on any atom is 0.317 e. The van der Waals surface area contributed by atoms with Crippen LogP contribution >= 0.6 is 0 Å². The number of fused-ring (bicyclic) bond motifs is 1. The molecule has 0 unspecified atom stereocenters. The van der Waals surface area contributed by atoms with Crippen molar-refractivity contribution in [3.63, 3.8) is 0 Å². The summed E-state index contributed by atoms with van der Waals surface area (Å²) in [4.78, 5) is 14.7. The first kappa shape index (κ1) is 19.1. The van der Waals surface area contributed by atoms with Gasteiger partial charge in [-0.25, -0.2) is 4.79 Å². The summed E-state index contributed by atoms with van der Waals surface area (Å²) in [5, 5.41) is 7.36. The van der Waals surface area contributed by atoms with Crippen molar-refractivity contribution in [3.8, 4) is 5.75 Å². The van der Waals surface area contributed by atoms with Crippen molar-refractivity contribution >= 4 is 6.03 Å².